The largest absolute Gasteiger partial charge is 0.399 e. The quantitative estimate of drug-likeness (QED) is 0.685. The Bertz CT molecular complexity index is 406. The first-order chi connectivity index (χ1) is 7.20. The van der Waals surface area contributed by atoms with Gasteiger partial charge in [-0.2, -0.15) is 0 Å². The first kappa shape index (κ1) is 10.5. The summed E-state index contributed by atoms with van der Waals surface area (Å²) in [7, 11) is 1.51. The molecule has 0 saturated carbocycles. The van der Waals surface area contributed by atoms with Gasteiger partial charge in [0.25, 0.3) is 0 Å². The zero-order chi connectivity index (χ0) is 10.8. The molecule has 80 valence electrons. The first-order valence-corrected chi connectivity index (χ1v) is 5.65. The van der Waals surface area contributed by atoms with Crippen molar-refractivity contribution in [2.24, 2.45) is 5.16 Å². The maximum atomic E-state index is 13.1. The van der Waals surface area contributed by atoms with Crippen molar-refractivity contribution < 1.29 is 9.23 Å². The van der Waals surface area contributed by atoms with Crippen molar-refractivity contribution in [3.05, 3.63) is 29.6 Å². The summed E-state index contributed by atoms with van der Waals surface area (Å²) in [6.45, 7) is 2.13. The zero-order valence-corrected chi connectivity index (χ0v) is 9.47. The van der Waals surface area contributed by atoms with Crippen molar-refractivity contribution in [1.82, 2.24) is 0 Å². The monoisotopic (exact) mass is 225 g/mol. The van der Waals surface area contributed by atoms with Crippen molar-refractivity contribution in [3.8, 4) is 0 Å². The molecular weight excluding hydrogens is 213 g/mol. The molecule has 0 amide bonds. The minimum Gasteiger partial charge on any atom is -0.399 e. The predicted octanol–water partition coefficient (Wildman–Crippen LogP) is 3.06. The second kappa shape index (κ2) is 4.23. The number of hydrogen-bond donors (Lipinski definition) is 0. The lowest BCUT2D eigenvalue weighted by atomic mass is 10.1. The van der Waals surface area contributed by atoms with E-state index in [0.29, 0.717) is 5.25 Å². The van der Waals surface area contributed by atoms with Gasteiger partial charge in [-0.1, -0.05) is 12.1 Å². The topological polar surface area (TPSA) is 21.6 Å². The van der Waals surface area contributed by atoms with Crippen molar-refractivity contribution >= 4 is 17.5 Å². The average molecular weight is 225 g/mol. The number of nitrogens with zero attached hydrogens (tertiary/aromatic N) is 1. The van der Waals surface area contributed by atoms with Crippen LogP contribution in [-0.4, -0.2) is 18.1 Å². The number of rotatable bonds is 1. The highest BCUT2D eigenvalue weighted by molar-refractivity contribution is 8.00. The van der Waals surface area contributed by atoms with Crippen LogP contribution in [0.3, 0.4) is 0 Å². The van der Waals surface area contributed by atoms with E-state index in [2.05, 4.69) is 12.1 Å². The normalized spacial score (nSPS) is 22.6. The summed E-state index contributed by atoms with van der Waals surface area (Å²) >= 11 is 1.75. The van der Waals surface area contributed by atoms with E-state index >= 15 is 0 Å². The number of hydrogen-bond acceptors (Lipinski definition) is 3. The zero-order valence-electron chi connectivity index (χ0n) is 8.66. The molecule has 4 heteroatoms. The van der Waals surface area contributed by atoms with E-state index in [4.69, 9.17) is 4.84 Å². The van der Waals surface area contributed by atoms with E-state index in [0.717, 1.165) is 22.6 Å². The molecule has 15 heavy (non-hydrogen) atoms. The van der Waals surface area contributed by atoms with Gasteiger partial charge in [-0.25, -0.2) is 4.39 Å². The number of fused-ring (bicyclic) bond motifs is 1. The number of halogens is 1. The summed E-state index contributed by atoms with van der Waals surface area (Å²) in [5, 5.41) is 4.41. The van der Waals surface area contributed by atoms with Crippen LogP contribution in [0.1, 0.15) is 18.9 Å². The van der Waals surface area contributed by atoms with E-state index in [1.165, 1.54) is 19.2 Å². The predicted molar refractivity (Wildman–Crippen MR) is 59.9 cm³/mol. The van der Waals surface area contributed by atoms with Crippen LogP contribution in [0, 0.1) is 5.82 Å². The Morgan fingerprint density at radius 2 is 2.33 bits per heavy atom. The standard InChI is InChI=1S/C11H12FNOS/c1-7-5-10(13-14-2)9-6-8(12)3-4-11(9)15-7/h3-4,6-7H,5H2,1-2H3/b13-10-. The summed E-state index contributed by atoms with van der Waals surface area (Å²) in [5.41, 5.74) is 1.69. The third-order valence-electron chi connectivity index (χ3n) is 2.26. The van der Waals surface area contributed by atoms with Crippen LogP contribution >= 0.6 is 11.8 Å². The second-order valence-electron chi connectivity index (χ2n) is 3.49. The lowest BCUT2D eigenvalue weighted by molar-refractivity contribution is 0.212. The van der Waals surface area contributed by atoms with Crippen molar-refractivity contribution in [3.63, 3.8) is 0 Å². The first-order valence-electron chi connectivity index (χ1n) is 4.77. The highest BCUT2D eigenvalue weighted by atomic mass is 32.2. The lowest BCUT2D eigenvalue weighted by Gasteiger charge is -2.21. The molecule has 2 nitrogen and oxygen atoms in total. The fourth-order valence-electron chi connectivity index (χ4n) is 1.67. The van der Waals surface area contributed by atoms with Gasteiger partial charge in [0.15, 0.2) is 0 Å². The Labute approximate surface area is 92.5 Å². The maximum absolute atomic E-state index is 13.1. The van der Waals surface area contributed by atoms with E-state index in [1.54, 1.807) is 17.8 Å². The average Bonchev–Trinajstić information content (AvgIpc) is 2.19. The van der Waals surface area contributed by atoms with Crippen molar-refractivity contribution in [2.45, 2.75) is 23.5 Å². The summed E-state index contributed by atoms with van der Waals surface area (Å²) in [5.74, 6) is -0.229. The molecule has 1 atom stereocenters. The van der Waals surface area contributed by atoms with E-state index in [9.17, 15) is 4.39 Å². The molecule has 0 aliphatic carbocycles. The van der Waals surface area contributed by atoms with Gasteiger partial charge in [-0.3, -0.25) is 0 Å². The molecule has 1 aromatic rings. The van der Waals surface area contributed by atoms with Crippen molar-refractivity contribution in [1.29, 1.82) is 0 Å². The Morgan fingerprint density at radius 1 is 1.53 bits per heavy atom. The van der Waals surface area contributed by atoms with Gasteiger partial charge in [0.05, 0.1) is 5.71 Å². The minimum atomic E-state index is -0.229. The molecule has 0 spiro atoms. The van der Waals surface area contributed by atoms with Gasteiger partial charge in [0.1, 0.15) is 12.9 Å². The molecule has 1 unspecified atom stereocenters. The van der Waals surface area contributed by atoms with Gasteiger partial charge in [0.2, 0.25) is 0 Å². The van der Waals surface area contributed by atoms with Gasteiger partial charge in [0, 0.05) is 22.1 Å². The van der Waals surface area contributed by atoms with E-state index < -0.39 is 0 Å². The van der Waals surface area contributed by atoms with Gasteiger partial charge in [-0.15, -0.1) is 11.8 Å². The number of thioether (sulfide) groups is 1. The molecular formula is C11H12FNOS. The second-order valence-corrected chi connectivity index (χ2v) is 4.97. The molecule has 0 N–H and O–H groups in total. The molecule has 2 rings (SSSR count). The molecule has 0 saturated heterocycles. The van der Waals surface area contributed by atoms with Crippen LogP contribution in [0.4, 0.5) is 4.39 Å². The smallest absolute Gasteiger partial charge is 0.123 e. The van der Waals surface area contributed by atoms with E-state index in [1.807, 2.05) is 0 Å². The third-order valence-corrected chi connectivity index (χ3v) is 3.44. The summed E-state index contributed by atoms with van der Waals surface area (Å²) < 4.78 is 13.1. The Kier molecular flexibility index (Phi) is 2.95. The van der Waals surface area contributed by atoms with Crippen LogP contribution < -0.4 is 0 Å². The number of oxime groups is 1. The molecule has 1 aliphatic heterocycles. The van der Waals surface area contributed by atoms with E-state index in [-0.39, 0.29) is 5.82 Å². The van der Waals surface area contributed by atoms with Gasteiger partial charge >= 0.3 is 0 Å². The molecule has 0 fully saturated rings. The lowest BCUT2D eigenvalue weighted by Crippen LogP contribution is -2.16. The molecule has 0 radical (unpaired) electrons. The molecule has 0 bridgehead atoms. The molecule has 1 aromatic carbocycles. The summed E-state index contributed by atoms with van der Waals surface area (Å²) in [4.78, 5) is 5.86. The van der Waals surface area contributed by atoms with Crippen LogP contribution in [0.15, 0.2) is 28.3 Å². The Morgan fingerprint density at radius 3 is 3.07 bits per heavy atom. The molecule has 1 aliphatic rings. The van der Waals surface area contributed by atoms with Crippen LogP contribution in [-0.2, 0) is 4.84 Å². The summed E-state index contributed by atoms with van der Waals surface area (Å²) in [6, 6.07) is 4.80. The fraction of sp³-hybridized carbons (Fsp3) is 0.364. The maximum Gasteiger partial charge on any atom is 0.123 e. The highest BCUT2D eigenvalue weighted by Gasteiger charge is 2.22. The van der Waals surface area contributed by atoms with Crippen LogP contribution in [0.25, 0.3) is 0 Å². The highest BCUT2D eigenvalue weighted by Crippen LogP contribution is 2.35. The minimum absolute atomic E-state index is 0.229. The van der Waals surface area contributed by atoms with Crippen molar-refractivity contribution in [2.75, 3.05) is 7.11 Å². The van der Waals surface area contributed by atoms with Gasteiger partial charge in [-0.05, 0) is 18.2 Å². The van der Waals surface area contributed by atoms with Gasteiger partial charge < -0.3 is 4.84 Å². The Hall–Kier alpha value is -1.03. The SMILES string of the molecule is CO/N=C1/CC(C)Sc2ccc(F)cc21. The molecule has 1 heterocycles. The summed E-state index contributed by atoms with van der Waals surface area (Å²) in [6.07, 6.45) is 0.814. The van der Waals surface area contributed by atoms with Crippen LogP contribution in [0.2, 0.25) is 0 Å². The Balaban J connectivity index is 2.48. The third kappa shape index (κ3) is 2.15. The molecule has 0 aromatic heterocycles. The number of benzene rings is 1. The van der Waals surface area contributed by atoms with Crippen LogP contribution in [0.5, 0.6) is 0 Å². The fourth-order valence-corrected chi connectivity index (χ4v) is 2.79.